The number of alkyl halides is 3. The van der Waals surface area contributed by atoms with Gasteiger partial charge in [-0.2, -0.15) is 18.3 Å². The van der Waals surface area contributed by atoms with Gasteiger partial charge in [-0.25, -0.2) is 22.8 Å². The van der Waals surface area contributed by atoms with Crippen LogP contribution in [0.15, 0.2) is 52.8 Å². The number of carbonyl (C=O) groups is 1. The summed E-state index contributed by atoms with van der Waals surface area (Å²) in [6, 6.07) is 3.50. The Hall–Kier alpha value is -3.55. The van der Waals surface area contributed by atoms with Crippen LogP contribution in [-0.4, -0.2) is 46.9 Å². The minimum Gasteiger partial charge on any atom is -0.465 e. The van der Waals surface area contributed by atoms with Crippen molar-refractivity contribution in [3.05, 3.63) is 54.4 Å². The fourth-order valence-electron chi connectivity index (χ4n) is 4.46. The number of ether oxygens (including phenoxy) is 1. The van der Waals surface area contributed by atoms with Crippen LogP contribution in [-0.2, 0) is 26.4 Å². The number of sulfone groups is 1. The first kappa shape index (κ1) is 29.4. The summed E-state index contributed by atoms with van der Waals surface area (Å²) in [6.07, 6.45) is 2.17. The maximum Gasteiger partial charge on any atom is 0.389 e. The smallest absolute Gasteiger partial charge is 0.389 e. The summed E-state index contributed by atoms with van der Waals surface area (Å²) >= 11 is 0. The number of aromatic nitrogens is 4. The largest absolute Gasteiger partial charge is 0.465 e. The van der Waals surface area contributed by atoms with Gasteiger partial charge in [0.15, 0.2) is 0 Å². The van der Waals surface area contributed by atoms with E-state index in [0.29, 0.717) is 0 Å². The maximum atomic E-state index is 14.7. The van der Waals surface area contributed by atoms with E-state index in [-0.39, 0.29) is 52.7 Å². The summed E-state index contributed by atoms with van der Waals surface area (Å²) in [7, 11) is -2.34. The third-order valence-corrected chi connectivity index (χ3v) is 8.47. The summed E-state index contributed by atoms with van der Waals surface area (Å²) in [5.41, 5.74) is 0.878. The average Bonchev–Trinajstić information content (AvgIpc) is 3.30. The number of esters is 1. The average molecular weight is 584 g/mol. The van der Waals surface area contributed by atoms with E-state index in [4.69, 9.17) is 4.74 Å². The van der Waals surface area contributed by atoms with Crippen molar-refractivity contribution < 1.29 is 35.5 Å². The molecule has 0 aliphatic heterocycles. The molecule has 14 heteroatoms. The SMILES string of the molecule is C[C@H](CCC(=O)OCC1CC(c2cnc(Nc3ccc(S(=O)(=O)c4cnn(C)c4)cc3F)nc2)C1)CC(F)(F)F. The lowest BCUT2D eigenvalue weighted by atomic mass is 9.72. The molecule has 0 radical (unpaired) electrons. The first-order chi connectivity index (χ1) is 18.8. The number of carbonyl (C=O) groups excluding carboxylic acids is 1. The van der Waals surface area contributed by atoms with E-state index in [1.807, 2.05) is 0 Å². The topological polar surface area (TPSA) is 116 Å². The van der Waals surface area contributed by atoms with Crippen LogP contribution in [0.25, 0.3) is 0 Å². The van der Waals surface area contributed by atoms with Gasteiger partial charge in [-0.1, -0.05) is 6.92 Å². The molecule has 4 rings (SSSR count). The second-order valence-corrected chi connectivity index (χ2v) is 12.1. The lowest BCUT2D eigenvalue weighted by Crippen LogP contribution is -2.27. The van der Waals surface area contributed by atoms with Crippen molar-refractivity contribution in [2.75, 3.05) is 11.9 Å². The van der Waals surface area contributed by atoms with E-state index in [9.17, 15) is 30.8 Å². The molecular weight excluding hydrogens is 554 g/mol. The van der Waals surface area contributed by atoms with Gasteiger partial charge in [-0.15, -0.1) is 0 Å². The lowest BCUT2D eigenvalue weighted by molar-refractivity contribution is -0.150. The highest BCUT2D eigenvalue weighted by molar-refractivity contribution is 7.91. The van der Waals surface area contributed by atoms with Gasteiger partial charge < -0.3 is 10.1 Å². The minimum absolute atomic E-state index is 0.0104. The first-order valence-electron chi connectivity index (χ1n) is 12.6. The van der Waals surface area contributed by atoms with Crippen LogP contribution < -0.4 is 5.32 Å². The van der Waals surface area contributed by atoms with Crippen LogP contribution in [0.3, 0.4) is 0 Å². The normalized spacial score (nSPS) is 18.1. The Morgan fingerprint density at radius 1 is 1.18 bits per heavy atom. The van der Waals surface area contributed by atoms with Crippen molar-refractivity contribution in [2.45, 2.75) is 60.9 Å². The third-order valence-electron chi connectivity index (χ3n) is 6.77. The molecule has 0 bridgehead atoms. The zero-order valence-corrected chi connectivity index (χ0v) is 22.7. The van der Waals surface area contributed by atoms with Gasteiger partial charge in [-0.3, -0.25) is 9.48 Å². The highest BCUT2D eigenvalue weighted by Crippen LogP contribution is 2.41. The van der Waals surface area contributed by atoms with E-state index in [0.717, 1.165) is 24.5 Å². The first-order valence-corrected chi connectivity index (χ1v) is 14.1. The van der Waals surface area contributed by atoms with E-state index in [1.165, 1.54) is 36.1 Å². The van der Waals surface area contributed by atoms with Gasteiger partial charge in [0.2, 0.25) is 15.8 Å². The van der Waals surface area contributed by atoms with Gasteiger partial charge in [-0.05, 0) is 60.8 Å². The molecule has 0 amide bonds. The lowest BCUT2D eigenvalue weighted by Gasteiger charge is -2.34. The highest BCUT2D eigenvalue weighted by atomic mass is 32.2. The van der Waals surface area contributed by atoms with E-state index < -0.39 is 40.1 Å². The van der Waals surface area contributed by atoms with E-state index in [2.05, 4.69) is 20.4 Å². The molecule has 3 aromatic rings. The molecule has 9 nitrogen and oxygen atoms in total. The third kappa shape index (κ3) is 7.55. The standard InChI is InChI=1S/C26H29F4N5O4S/c1-16(10-26(28,29)30)3-6-24(36)39-15-17-7-18(8-17)19-11-31-25(32-12-19)34-23-5-4-20(9-22(23)27)40(37,38)21-13-33-35(2)14-21/h4-5,9,11-14,16-18H,3,6-8,10,15H2,1-2H3,(H,31,32,34)/t16-,17?,18?/m1/s1. The molecule has 1 aliphatic carbocycles. The molecule has 1 atom stereocenters. The van der Waals surface area contributed by atoms with Crippen LogP contribution in [0.4, 0.5) is 29.2 Å². The molecule has 1 N–H and O–H groups in total. The second kappa shape index (κ2) is 11.9. The number of halogens is 4. The van der Waals surface area contributed by atoms with Crippen molar-refractivity contribution in [2.24, 2.45) is 18.9 Å². The summed E-state index contributed by atoms with van der Waals surface area (Å²) in [6.45, 7) is 1.68. The van der Waals surface area contributed by atoms with E-state index >= 15 is 0 Å². The van der Waals surface area contributed by atoms with Crippen molar-refractivity contribution in [3.63, 3.8) is 0 Å². The summed E-state index contributed by atoms with van der Waals surface area (Å²) < 4.78 is 83.8. The number of rotatable bonds is 11. The van der Waals surface area contributed by atoms with Crippen molar-refractivity contribution in [1.29, 1.82) is 0 Å². The maximum absolute atomic E-state index is 14.7. The van der Waals surface area contributed by atoms with Crippen LogP contribution in [0, 0.1) is 17.7 Å². The molecule has 1 fully saturated rings. The zero-order chi connectivity index (χ0) is 29.1. The van der Waals surface area contributed by atoms with Gasteiger partial charge in [0.05, 0.1) is 23.4 Å². The Balaban J connectivity index is 1.23. The van der Waals surface area contributed by atoms with Gasteiger partial charge in [0, 0.05) is 38.5 Å². The molecule has 0 spiro atoms. The Kier molecular flexibility index (Phi) is 8.76. The van der Waals surface area contributed by atoms with Crippen molar-refractivity contribution >= 4 is 27.4 Å². The highest BCUT2D eigenvalue weighted by Gasteiger charge is 2.32. The Labute approximate surface area is 228 Å². The number of benzene rings is 1. The molecule has 216 valence electrons. The quantitative estimate of drug-likeness (QED) is 0.238. The van der Waals surface area contributed by atoms with Crippen molar-refractivity contribution in [3.8, 4) is 0 Å². The number of nitrogens with zero attached hydrogens (tertiary/aromatic N) is 4. The minimum atomic E-state index is -4.24. The van der Waals surface area contributed by atoms with Crippen LogP contribution in [0.1, 0.15) is 50.5 Å². The number of hydrogen-bond donors (Lipinski definition) is 1. The second-order valence-electron chi connectivity index (χ2n) is 10.1. The molecule has 40 heavy (non-hydrogen) atoms. The molecule has 1 aliphatic rings. The van der Waals surface area contributed by atoms with Crippen LogP contribution >= 0.6 is 0 Å². The number of aryl methyl sites for hydroxylation is 1. The van der Waals surface area contributed by atoms with Crippen LogP contribution in [0.2, 0.25) is 0 Å². The number of anilines is 2. The molecular formula is C26H29F4N5O4S. The molecule has 0 unspecified atom stereocenters. The van der Waals surface area contributed by atoms with Gasteiger partial charge in [0.1, 0.15) is 10.7 Å². The predicted molar refractivity (Wildman–Crippen MR) is 136 cm³/mol. The fraction of sp³-hybridized carbons (Fsp3) is 0.462. The monoisotopic (exact) mass is 583 g/mol. The Morgan fingerprint density at radius 3 is 2.48 bits per heavy atom. The van der Waals surface area contributed by atoms with Gasteiger partial charge in [0.25, 0.3) is 0 Å². The molecule has 2 heterocycles. The molecule has 2 aromatic heterocycles. The van der Waals surface area contributed by atoms with Crippen LogP contribution in [0.5, 0.6) is 0 Å². The Morgan fingerprint density at radius 2 is 1.88 bits per heavy atom. The predicted octanol–water partition coefficient (Wildman–Crippen LogP) is 5.33. The van der Waals surface area contributed by atoms with E-state index in [1.54, 1.807) is 19.4 Å². The Bertz CT molecular complexity index is 1440. The van der Waals surface area contributed by atoms with Crippen molar-refractivity contribution in [1.82, 2.24) is 19.7 Å². The summed E-state index contributed by atoms with van der Waals surface area (Å²) in [4.78, 5) is 20.1. The summed E-state index contributed by atoms with van der Waals surface area (Å²) in [5, 5.41) is 6.58. The number of hydrogen-bond acceptors (Lipinski definition) is 8. The number of nitrogens with one attached hydrogen (secondary N) is 1. The molecule has 1 aromatic carbocycles. The molecule has 1 saturated carbocycles. The van der Waals surface area contributed by atoms with Gasteiger partial charge >= 0.3 is 12.1 Å². The zero-order valence-electron chi connectivity index (χ0n) is 21.9. The molecule has 0 saturated heterocycles. The summed E-state index contributed by atoms with van der Waals surface area (Å²) in [5.74, 6) is -1.47. The fourth-order valence-corrected chi connectivity index (χ4v) is 5.72.